The van der Waals surface area contributed by atoms with Crippen LogP contribution in [0.5, 0.6) is 0 Å². The van der Waals surface area contributed by atoms with E-state index in [0.29, 0.717) is 0 Å². The summed E-state index contributed by atoms with van der Waals surface area (Å²) in [6, 6.07) is 0. The fourth-order valence-electron chi connectivity index (χ4n) is 1.93. The highest BCUT2D eigenvalue weighted by molar-refractivity contribution is 7.15. The first-order valence-corrected chi connectivity index (χ1v) is 7.60. The summed E-state index contributed by atoms with van der Waals surface area (Å²) in [5, 5.41) is 8.74. The Bertz CT molecular complexity index is 624. The summed E-state index contributed by atoms with van der Waals surface area (Å²) in [7, 11) is 0. The number of hydrogen-bond acceptors (Lipinski definition) is 5. The number of rotatable bonds is 5. The van der Waals surface area contributed by atoms with Gasteiger partial charge in [0.05, 0.1) is 16.4 Å². The van der Waals surface area contributed by atoms with Crippen LogP contribution in [0.1, 0.15) is 16.4 Å². The van der Waals surface area contributed by atoms with Crippen molar-refractivity contribution in [2.24, 2.45) is 0 Å². The van der Waals surface area contributed by atoms with Crippen molar-refractivity contribution in [3.8, 4) is 0 Å². The Hall–Kier alpha value is -1.24. The molecule has 0 bridgehead atoms. The molecular weight excluding hydrogens is 264 g/mol. The van der Waals surface area contributed by atoms with Crippen molar-refractivity contribution in [2.75, 3.05) is 6.54 Å². The molecule has 0 amide bonds. The van der Waals surface area contributed by atoms with Crippen LogP contribution in [0.3, 0.4) is 0 Å². The maximum Gasteiger partial charge on any atom is 0.194 e. The number of hydrogen-bond donors (Lipinski definition) is 1. The molecule has 0 saturated carbocycles. The van der Waals surface area contributed by atoms with E-state index in [2.05, 4.69) is 38.2 Å². The zero-order valence-corrected chi connectivity index (χ0v) is 11.7. The van der Waals surface area contributed by atoms with Crippen molar-refractivity contribution in [3.63, 3.8) is 0 Å². The molecule has 0 aliphatic rings. The fraction of sp³-hybridized carbons (Fsp3) is 0.333. The highest BCUT2D eigenvalue weighted by Crippen LogP contribution is 2.16. The minimum absolute atomic E-state index is 0.856. The average Bonchev–Trinajstić information content (AvgIpc) is 3.03. The van der Waals surface area contributed by atoms with Crippen LogP contribution in [0.2, 0.25) is 0 Å². The van der Waals surface area contributed by atoms with Gasteiger partial charge >= 0.3 is 0 Å². The molecule has 3 aromatic heterocycles. The molecule has 3 heterocycles. The molecule has 0 fully saturated rings. The predicted octanol–water partition coefficient (Wildman–Crippen LogP) is 2.49. The lowest BCUT2D eigenvalue weighted by Crippen LogP contribution is -2.18. The Morgan fingerprint density at radius 1 is 1.33 bits per heavy atom. The highest BCUT2D eigenvalue weighted by atomic mass is 32.1. The smallest absolute Gasteiger partial charge is 0.194 e. The third-order valence-corrected chi connectivity index (χ3v) is 4.45. The van der Waals surface area contributed by atoms with Crippen LogP contribution < -0.4 is 5.32 Å². The van der Waals surface area contributed by atoms with Crippen LogP contribution in [-0.4, -0.2) is 20.9 Å². The minimum atomic E-state index is 0.856. The van der Waals surface area contributed by atoms with Gasteiger partial charge in [-0.3, -0.25) is 4.40 Å². The predicted molar refractivity (Wildman–Crippen MR) is 75.3 cm³/mol. The number of thiazole rings is 2. The van der Waals surface area contributed by atoms with Crippen LogP contribution in [-0.2, 0) is 13.0 Å². The fourth-order valence-corrected chi connectivity index (χ4v) is 3.33. The molecule has 3 rings (SSSR count). The summed E-state index contributed by atoms with van der Waals surface area (Å²) in [5.41, 5.74) is 2.37. The minimum Gasteiger partial charge on any atom is -0.311 e. The summed E-state index contributed by atoms with van der Waals surface area (Å²) < 4.78 is 2.16. The number of imidazole rings is 1. The van der Waals surface area contributed by atoms with E-state index in [-0.39, 0.29) is 0 Å². The molecule has 6 heteroatoms. The van der Waals surface area contributed by atoms with Crippen molar-refractivity contribution >= 4 is 27.6 Å². The Morgan fingerprint density at radius 2 is 2.28 bits per heavy atom. The lowest BCUT2D eigenvalue weighted by molar-refractivity contribution is 0.667. The second-order valence-corrected chi connectivity index (χ2v) is 5.90. The monoisotopic (exact) mass is 278 g/mol. The first kappa shape index (κ1) is 11.8. The summed E-state index contributed by atoms with van der Waals surface area (Å²) >= 11 is 3.39. The van der Waals surface area contributed by atoms with E-state index < -0.39 is 0 Å². The zero-order valence-electron chi connectivity index (χ0n) is 10.1. The van der Waals surface area contributed by atoms with E-state index in [1.165, 1.54) is 10.7 Å². The number of aryl methyl sites for hydroxylation is 1. The topological polar surface area (TPSA) is 42.2 Å². The summed E-state index contributed by atoms with van der Waals surface area (Å²) in [6.45, 7) is 3.87. The van der Waals surface area contributed by atoms with Gasteiger partial charge in [-0.15, -0.1) is 22.7 Å². The molecule has 0 saturated heterocycles. The van der Waals surface area contributed by atoms with Crippen LogP contribution >= 0.6 is 22.7 Å². The Kier molecular flexibility index (Phi) is 3.40. The van der Waals surface area contributed by atoms with Crippen molar-refractivity contribution in [3.05, 3.63) is 39.5 Å². The van der Waals surface area contributed by atoms with Gasteiger partial charge in [-0.05, 0) is 6.92 Å². The van der Waals surface area contributed by atoms with Crippen LogP contribution in [0.25, 0.3) is 4.96 Å². The quantitative estimate of drug-likeness (QED) is 0.729. The molecule has 3 aromatic rings. The lowest BCUT2D eigenvalue weighted by atomic mass is 10.3. The van der Waals surface area contributed by atoms with Crippen molar-refractivity contribution < 1.29 is 0 Å². The zero-order chi connectivity index (χ0) is 12.4. The molecule has 94 valence electrons. The van der Waals surface area contributed by atoms with Gasteiger partial charge in [0.15, 0.2) is 4.96 Å². The van der Waals surface area contributed by atoms with Gasteiger partial charge in [0.25, 0.3) is 0 Å². The second kappa shape index (κ2) is 5.17. The van der Waals surface area contributed by atoms with E-state index in [4.69, 9.17) is 0 Å². The number of fused-ring (bicyclic) bond motifs is 1. The largest absolute Gasteiger partial charge is 0.311 e. The summed E-state index contributed by atoms with van der Waals surface area (Å²) in [6.07, 6.45) is 4.93. The maximum atomic E-state index is 4.53. The second-order valence-electron chi connectivity index (χ2n) is 4.05. The Morgan fingerprint density at radius 3 is 3.11 bits per heavy atom. The number of nitrogens with one attached hydrogen (secondary N) is 1. The molecule has 0 unspecified atom stereocenters. The van der Waals surface area contributed by atoms with Crippen molar-refractivity contribution in [1.29, 1.82) is 0 Å². The first-order chi connectivity index (χ1) is 8.84. The molecule has 0 aliphatic carbocycles. The molecule has 0 aliphatic heterocycles. The lowest BCUT2D eigenvalue weighted by Gasteiger charge is -2.03. The van der Waals surface area contributed by atoms with Crippen LogP contribution in [0, 0.1) is 6.92 Å². The van der Waals surface area contributed by atoms with Gasteiger partial charge < -0.3 is 5.32 Å². The molecule has 0 aromatic carbocycles. The van der Waals surface area contributed by atoms with Gasteiger partial charge in [0.1, 0.15) is 0 Å². The van der Waals surface area contributed by atoms with Crippen molar-refractivity contribution in [2.45, 2.75) is 19.9 Å². The van der Waals surface area contributed by atoms with Gasteiger partial charge in [0, 0.05) is 42.7 Å². The van der Waals surface area contributed by atoms with E-state index >= 15 is 0 Å². The van der Waals surface area contributed by atoms with E-state index in [9.17, 15) is 0 Å². The number of nitrogens with zero attached hydrogens (tertiary/aromatic N) is 3. The molecule has 1 N–H and O–H groups in total. The molecule has 0 spiro atoms. The van der Waals surface area contributed by atoms with Gasteiger partial charge in [-0.2, -0.15) is 0 Å². The Labute approximate surface area is 113 Å². The van der Waals surface area contributed by atoms with Gasteiger partial charge in [-0.1, -0.05) is 0 Å². The van der Waals surface area contributed by atoms with Crippen LogP contribution in [0.15, 0.2) is 23.2 Å². The van der Waals surface area contributed by atoms with Crippen molar-refractivity contribution in [1.82, 2.24) is 19.7 Å². The number of aromatic nitrogens is 3. The highest BCUT2D eigenvalue weighted by Gasteiger charge is 2.08. The van der Waals surface area contributed by atoms with Gasteiger partial charge in [-0.25, -0.2) is 9.97 Å². The standard InChI is InChI=1S/C12H14N4S2/c1-9-10(16-5-7-18-12(16)15-9)8-13-3-2-11-14-4-6-17-11/h4-7,13H,2-3,8H2,1H3. The van der Waals surface area contributed by atoms with E-state index in [1.54, 1.807) is 22.7 Å². The molecule has 18 heavy (non-hydrogen) atoms. The molecule has 4 nitrogen and oxygen atoms in total. The van der Waals surface area contributed by atoms with Crippen LogP contribution in [0.4, 0.5) is 0 Å². The molecule has 0 atom stereocenters. The molecular formula is C12H14N4S2. The Balaban J connectivity index is 1.59. The summed E-state index contributed by atoms with van der Waals surface area (Å²) in [5.74, 6) is 0. The first-order valence-electron chi connectivity index (χ1n) is 5.84. The maximum absolute atomic E-state index is 4.53. The van der Waals surface area contributed by atoms with E-state index in [0.717, 1.165) is 30.2 Å². The van der Waals surface area contributed by atoms with E-state index in [1.807, 2.05) is 11.6 Å². The van der Waals surface area contributed by atoms with Gasteiger partial charge in [0.2, 0.25) is 0 Å². The summed E-state index contributed by atoms with van der Waals surface area (Å²) in [4.78, 5) is 9.88. The third kappa shape index (κ3) is 2.31. The molecule has 0 radical (unpaired) electrons. The normalized spacial score (nSPS) is 11.4. The third-order valence-electron chi connectivity index (χ3n) is 2.85. The SMILES string of the molecule is Cc1nc2sccn2c1CNCCc1nccs1. The average molecular weight is 278 g/mol.